The Balaban J connectivity index is 1.01. The highest BCUT2D eigenvalue weighted by atomic mass is 32.2. The number of aromatic nitrogens is 4. The normalized spacial score (nSPS) is 25.6. The Bertz CT molecular complexity index is 5300. The van der Waals surface area contributed by atoms with E-state index in [2.05, 4.69) is 78.4 Å². The van der Waals surface area contributed by atoms with Crippen LogP contribution in [-0.2, 0) is 107 Å². The van der Waals surface area contributed by atoms with Crippen molar-refractivity contribution in [1.82, 2.24) is 103 Å². The molecule has 15 atom stereocenters. The fraction of sp³-hybridized carbons (Fsp3) is 0.494. The molecule has 10 rings (SSSR count). The molecule has 0 unspecified atom stereocenters. The number of allylic oxidation sites excluding steroid dienone is 2. The summed E-state index contributed by atoms with van der Waals surface area (Å²) in [6.45, 7) is 2.32. The molecule has 3 fully saturated rings. The first-order valence-corrected chi connectivity index (χ1v) is 45.5. The van der Waals surface area contributed by atoms with Crippen molar-refractivity contribution in [3.05, 3.63) is 132 Å². The van der Waals surface area contributed by atoms with Crippen LogP contribution in [0.15, 0.2) is 110 Å². The summed E-state index contributed by atoms with van der Waals surface area (Å²) in [7, 11) is 3.85. The Morgan fingerprint density at radius 2 is 1.09 bits per heavy atom. The average Bonchev–Trinajstić information content (AvgIpc) is 1.70. The van der Waals surface area contributed by atoms with Gasteiger partial charge in [-0.05, 0) is 112 Å². The van der Waals surface area contributed by atoms with Crippen LogP contribution in [0.1, 0.15) is 114 Å². The fourth-order valence-corrected chi connectivity index (χ4v) is 17.6. The van der Waals surface area contributed by atoms with Gasteiger partial charge in [0.1, 0.15) is 90.3 Å². The second-order valence-corrected chi connectivity index (χ2v) is 35.3. The van der Waals surface area contributed by atoms with Crippen LogP contribution in [0.4, 0.5) is 0 Å². The van der Waals surface area contributed by atoms with E-state index in [1.165, 1.54) is 64.9 Å². The number of aliphatic hydroxyl groups is 2. The number of rotatable bonds is 20. The summed E-state index contributed by atoms with van der Waals surface area (Å²) in [4.78, 5) is 268. The van der Waals surface area contributed by atoms with Crippen molar-refractivity contribution < 1.29 is 96.8 Å². The van der Waals surface area contributed by atoms with Crippen LogP contribution >= 0.6 is 11.8 Å². The number of primary amides is 2. The Morgan fingerprint density at radius 1 is 0.552 bits per heavy atom. The highest BCUT2D eigenvalue weighted by molar-refractivity contribution is 8.00. The monoisotopic (exact) mass is 1880 g/mol. The van der Waals surface area contributed by atoms with Crippen molar-refractivity contribution in [1.29, 1.82) is 5.41 Å². The number of phenols is 1. The van der Waals surface area contributed by atoms with E-state index >= 15 is 38.4 Å². The minimum atomic E-state index is -1.90. The van der Waals surface area contributed by atoms with Crippen LogP contribution < -0.4 is 75.7 Å². The molecule has 4 aliphatic rings. The summed E-state index contributed by atoms with van der Waals surface area (Å²) in [5, 5.41) is 70.9. The van der Waals surface area contributed by atoms with E-state index in [0.29, 0.717) is 44.2 Å². The predicted octanol–water partition coefficient (Wildman–Crippen LogP) is -4.18. The van der Waals surface area contributed by atoms with E-state index in [4.69, 9.17) is 22.6 Å². The lowest BCUT2D eigenvalue weighted by Crippen LogP contribution is -2.62. The molecule has 45 heteroatoms. The molecule has 24 N–H and O–H groups in total. The first-order chi connectivity index (χ1) is 63.9. The second kappa shape index (κ2) is 47.9. The standard InChI is InChI=1S/C89H120N24O20S/c1-47(2)31-62-87(132)113-42-54(116)36-71(113)83(128)102-60(33-50-38-96-57-19-13-11-17-55(50)57)78(123)107-66(43-114)80(125)106-64(34-51-39-97-58-20-14-12-18-56(51)58)85(130)111(6)70-23-10-8-7-9-22-68(110(5)88(70)133)81(126)101-59(21-15-29-95-89(92)93)77(122)108-67(76(121)98-41-73(91)118)44-134-45-74(119)100-63(32-49-25-27-53(115)28-26-49)84(129)109(4)48(3)75(120)104-65(37-72(90)117)86(131)112-30-16-24-69(112)82(127)103-61(79(124)105-62)35-52-40-94-46-99-52/h7-8,11-14,17-20,25-28,38-40,46-48,54,59-71,96-97,114-116H,9-10,15-16,21-24,29-37,41-45H2,1-6H3,(H2,90,117)(H2,91,118)(H,94,99)(H,98,121)(H,100,119)(H,101,126)(H,102,128)(H,103,127)(H,104,120)(H,105,124)(H,106,125)(H,107,123)(H,108,122)(H4,92,93,95)/b8-7-/t48-,54+,59-,60-,61-,62-,63-,64-,65-,66-,67-,68-,69-,70-,71-/m0/s1. The van der Waals surface area contributed by atoms with Gasteiger partial charge in [-0.3, -0.25) is 86.9 Å². The molecule has 4 aliphatic heterocycles. The number of carbonyl (C=O) groups is 17. The summed E-state index contributed by atoms with van der Waals surface area (Å²) in [5.41, 5.74) is 19.7. The van der Waals surface area contributed by atoms with Crippen LogP contribution in [0.25, 0.3) is 21.8 Å². The number of phenolic OH excluding ortho intramolecular Hbond substituents is 1. The minimum absolute atomic E-state index is 0.0181. The van der Waals surface area contributed by atoms with E-state index < -0.39 is 241 Å². The zero-order chi connectivity index (χ0) is 97.3. The van der Waals surface area contributed by atoms with Crippen LogP contribution in [-0.4, -0.2) is 322 Å². The molecule has 7 heterocycles. The number of nitrogens with two attached hydrogens (primary N) is 3. The number of carbonyl (C=O) groups excluding carboxylic acids is 17. The number of aromatic amines is 3. The number of aromatic hydroxyl groups is 1. The van der Waals surface area contributed by atoms with Crippen molar-refractivity contribution in [2.75, 3.05) is 65.4 Å². The molecule has 6 aromatic rings. The molecule has 134 heavy (non-hydrogen) atoms. The van der Waals surface area contributed by atoms with Crippen molar-refractivity contribution in [2.45, 2.75) is 208 Å². The van der Waals surface area contributed by atoms with Gasteiger partial charge >= 0.3 is 0 Å². The highest BCUT2D eigenvalue weighted by Gasteiger charge is 2.47. The second-order valence-electron chi connectivity index (χ2n) is 34.3. The average molecular weight is 1880 g/mol. The molecule has 0 saturated carbocycles. The summed E-state index contributed by atoms with van der Waals surface area (Å²) in [6, 6.07) is -2.37. The number of hydrogen-bond donors (Lipinski definition) is 21. The smallest absolute Gasteiger partial charge is 0.246 e. The Morgan fingerprint density at radius 3 is 1.70 bits per heavy atom. The number of aliphatic hydroxyl groups excluding tert-OH is 2. The summed E-state index contributed by atoms with van der Waals surface area (Å²) < 4.78 is 0. The number of para-hydroxylation sites is 2. The maximum atomic E-state index is 15.7. The molecule has 3 aromatic heterocycles. The van der Waals surface area contributed by atoms with E-state index in [1.54, 1.807) is 86.9 Å². The van der Waals surface area contributed by atoms with Gasteiger partial charge in [-0.2, -0.15) is 0 Å². The lowest BCUT2D eigenvalue weighted by molar-refractivity contribution is -0.149. The number of likely N-dealkylation sites (N-methyl/N-ethyl adjacent to an activating group) is 3. The number of benzene rings is 3. The summed E-state index contributed by atoms with van der Waals surface area (Å²) in [5.74, 6) is -18.2. The van der Waals surface area contributed by atoms with E-state index in [1.807, 2.05) is 0 Å². The first kappa shape index (κ1) is 102. The van der Waals surface area contributed by atoms with Gasteiger partial charge in [0.2, 0.25) is 100 Å². The predicted molar refractivity (Wildman–Crippen MR) is 488 cm³/mol. The van der Waals surface area contributed by atoms with Gasteiger partial charge in [-0.25, -0.2) is 4.98 Å². The first-order valence-electron chi connectivity index (χ1n) is 44.3. The molecule has 17 amide bonds. The number of nitrogens with zero attached hydrogens (tertiary/aromatic N) is 6. The van der Waals surface area contributed by atoms with E-state index in [0.717, 1.165) is 36.3 Å². The van der Waals surface area contributed by atoms with Gasteiger partial charge < -0.3 is 130 Å². The number of hydrogen-bond acceptors (Lipinski definition) is 23. The Hall–Kier alpha value is -14.0. The SMILES string of the molecule is CC(C)C[C@@H]1NC(=O)[C@H](Cc2cnc[nH]2)NC(=O)[C@@H]2CCCN2C(=O)[C@H](CC(N)=O)NC(=O)[C@H](C)N(C)C(=O)[C@H](Cc2ccc(O)cc2)NC(=O)CSC[C@@H](C(=O)NCC(N)=O)NC(=O)[C@H](CCCNC(=N)N)NC(=O)[C@@H]2CC/C=C\CC[C@@H](C(=O)N2C)N(C)C(=O)[C@H](Cc2c[nH]c3ccccc23)NC(=O)[C@H](CO)NC(=O)[C@H](Cc2c[nH]c3ccccc23)NC(=O)[C@@H]2C[C@@H](O)CN2C1=O. The number of nitrogens with one attached hydrogen (secondary N) is 15. The van der Waals surface area contributed by atoms with Gasteiger partial charge in [0, 0.05) is 125 Å². The van der Waals surface area contributed by atoms with E-state index in [-0.39, 0.29) is 108 Å². The lowest BCUT2D eigenvalue weighted by atomic mass is 9.99. The number of H-pyrrole nitrogens is 3. The zero-order valence-electron chi connectivity index (χ0n) is 75.3. The molecular weight excluding hydrogens is 1760 g/mol. The molecule has 722 valence electrons. The fourth-order valence-electron chi connectivity index (χ4n) is 16.7. The van der Waals surface area contributed by atoms with Crippen LogP contribution in [0.3, 0.4) is 0 Å². The van der Waals surface area contributed by atoms with Crippen molar-refractivity contribution >= 4 is 140 Å². The zero-order valence-corrected chi connectivity index (χ0v) is 76.1. The van der Waals surface area contributed by atoms with Crippen LogP contribution in [0.5, 0.6) is 5.75 Å². The molecule has 3 saturated heterocycles. The molecule has 0 aliphatic carbocycles. The third-order valence-electron chi connectivity index (χ3n) is 24.0. The molecule has 0 spiro atoms. The number of guanidine groups is 1. The third kappa shape index (κ3) is 27.6. The summed E-state index contributed by atoms with van der Waals surface area (Å²) >= 11 is 0.756. The largest absolute Gasteiger partial charge is 0.508 e. The Kier molecular flexibility index (Phi) is 36.5. The van der Waals surface area contributed by atoms with Gasteiger partial charge in [0.05, 0.1) is 37.8 Å². The van der Waals surface area contributed by atoms with Crippen molar-refractivity contribution in [2.24, 2.45) is 23.1 Å². The van der Waals surface area contributed by atoms with Crippen LogP contribution in [0.2, 0.25) is 0 Å². The molecule has 0 radical (unpaired) electrons. The van der Waals surface area contributed by atoms with Gasteiger partial charge in [-0.15, -0.1) is 11.8 Å². The van der Waals surface area contributed by atoms with Crippen molar-refractivity contribution in [3.63, 3.8) is 0 Å². The minimum Gasteiger partial charge on any atom is -0.508 e. The maximum Gasteiger partial charge on any atom is 0.246 e. The topological polar surface area (TPSA) is 662 Å². The quantitative estimate of drug-likeness (QED) is 0.0149. The van der Waals surface area contributed by atoms with E-state index in [9.17, 15) is 58.5 Å². The van der Waals surface area contributed by atoms with Crippen LogP contribution in [0, 0.1) is 11.3 Å². The van der Waals surface area contributed by atoms with Gasteiger partial charge in [0.15, 0.2) is 5.96 Å². The summed E-state index contributed by atoms with van der Waals surface area (Å²) in [6.07, 6.45) is 5.80. The molecule has 3 aromatic carbocycles. The number of fused-ring (bicyclic) bond motifs is 7. The van der Waals surface area contributed by atoms with Crippen molar-refractivity contribution in [3.8, 4) is 5.75 Å². The molecular formula is C89H120N24O20S. The lowest BCUT2D eigenvalue weighted by Gasteiger charge is -2.36. The Labute approximate surface area is 775 Å². The van der Waals surface area contributed by atoms with Gasteiger partial charge in [-0.1, -0.05) is 74.5 Å². The maximum absolute atomic E-state index is 15.7. The highest BCUT2D eigenvalue weighted by Crippen LogP contribution is 2.28. The third-order valence-corrected chi connectivity index (χ3v) is 25.1. The molecule has 44 nitrogen and oxygen atoms in total. The molecule has 2 bridgehead atoms. The number of amides is 17. The van der Waals surface area contributed by atoms with Gasteiger partial charge in [0.25, 0.3) is 0 Å². The number of imidazole rings is 1. The number of thioether (sulfide) groups is 1.